The molecule has 0 spiro atoms. The van der Waals surface area contributed by atoms with E-state index < -0.39 is 11.9 Å². The van der Waals surface area contributed by atoms with Gasteiger partial charge in [-0.25, -0.2) is 0 Å². The van der Waals surface area contributed by atoms with Gasteiger partial charge in [-0.15, -0.1) is 0 Å². The number of carbonyl (C=O) groups is 2. The van der Waals surface area contributed by atoms with Crippen LogP contribution in [0.3, 0.4) is 0 Å². The average molecular weight is 226 g/mol. The monoisotopic (exact) mass is 226 g/mol. The third kappa shape index (κ3) is 8.99. The predicted molar refractivity (Wildman–Crippen MR) is 60.3 cm³/mol. The van der Waals surface area contributed by atoms with Gasteiger partial charge in [0.05, 0.1) is 25.4 Å². The van der Waals surface area contributed by atoms with Crippen molar-refractivity contribution in [2.45, 2.75) is 39.5 Å². The van der Waals surface area contributed by atoms with E-state index in [1.807, 2.05) is 13.8 Å². The Labute approximate surface area is 95.9 Å². The zero-order valence-electron chi connectivity index (χ0n) is 9.77. The van der Waals surface area contributed by atoms with Gasteiger partial charge in [-0.3, -0.25) is 9.59 Å². The van der Waals surface area contributed by atoms with E-state index in [-0.39, 0.29) is 12.8 Å². The smallest absolute Gasteiger partial charge is 0.311 e. The standard InChI is InChI=1S/C12H18O4/c1-3-5-9-15-11(13)7-8-12(14)16-10-6-4-2/h5-6,9-10H,3-4,7-8H2,1-2H3. The van der Waals surface area contributed by atoms with E-state index in [0.717, 1.165) is 12.8 Å². The second-order valence-corrected chi connectivity index (χ2v) is 3.04. The lowest BCUT2D eigenvalue weighted by atomic mass is 10.3. The van der Waals surface area contributed by atoms with Gasteiger partial charge >= 0.3 is 11.9 Å². The summed E-state index contributed by atoms with van der Waals surface area (Å²) in [5.41, 5.74) is 0. The number of hydrogen-bond acceptors (Lipinski definition) is 4. The topological polar surface area (TPSA) is 52.6 Å². The van der Waals surface area contributed by atoms with Crippen LogP contribution in [0, 0.1) is 0 Å². The number of hydrogen-bond donors (Lipinski definition) is 0. The molecule has 4 heteroatoms. The minimum atomic E-state index is -0.430. The zero-order chi connectivity index (χ0) is 12.2. The van der Waals surface area contributed by atoms with Crippen molar-refractivity contribution in [1.82, 2.24) is 0 Å². The summed E-state index contributed by atoms with van der Waals surface area (Å²) in [7, 11) is 0. The third-order valence-corrected chi connectivity index (χ3v) is 1.60. The minimum absolute atomic E-state index is 0.0346. The Morgan fingerprint density at radius 2 is 1.25 bits per heavy atom. The maximum absolute atomic E-state index is 11.1. The van der Waals surface area contributed by atoms with E-state index in [4.69, 9.17) is 9.47 Å². The van der Waals surface area contributed by atoms with Crippen LogP contribution in [-0.2, 0) is 19.1 Å². The van der Waals surface area contributed by atoms with Crippen molar-refractivity contribution in [2.75, 3.05) is 0 Å². The van der Waals surface area contributed by atoms with Crippen molar-refractivity contribution >= 4 is 11.9 Å². The van der Waals surface area contributed by atoms with E-state index in [9.17, 15) is 9.59 Å². The minimum Gasteiger partial charge on any atom is -0.435 e. The highest BCUT2D eigenvalue weighted by Gasteiger charge is 2.06. The van der Waals surface area contributed by atoms with Crippen LogP contribution in [0.1, 0.15) is 39.5 Å². The van der Waals surface area contributed by atoms with E-state index in [1.165, 1.54) is 12.5 Å². The summed E-state index contributed by atoms with van der Waals surface area (Å²) < 4.78 is 9.43. The summed E-state index contributed by atoms with van der Waals surface area (Å²) >= 11 is 0. The van der Waals surface area contributed by atoms with Gasteiger partial charge < -0.3 is 9.47 Å². The molecule has 0 bridgehead atoms. The van der Waals surface area contributed by atoms with Crippen molar-refractivity contribution in [1.29, 1.82) is 0 Å². The van der Waals surface area contributed by atoms with Crippen molar-refractivity contribution in [2.24, 2.45) is 0 Å². The summed E-state index contributed by atoms with van der Waals surface area (Å²) in [6, 6.07) is 0. The fourth-order valence-corrected chi connectivity index (χ4v) is 0.762. The lowest BCUT2D eigenvalue weighted by Crippen LogP contribution is -2.06. The number of esters is 2. The van der Waals surface area contributed by atoms with Gasteiger partial charge in [0, 0.05) is 0 Å². The number of rotatable bonds is 7. The molecule has 16 heavy (non-hydrogen) atoms. The Morgan fingerprint density at radius 3 is 1.56 bits per heavy atom. The van der Waals surface area contributed by atoms with Gasteiger partial charge in [-0.05, 0) is 25.0 Å². The molecule has 0 rings (SSSR count). The molecule has 0 aliphatic heterocycles. The first-order valence-electron chi connectivity index (χ1n) is 5.39. The van der Waals surface area contributed by atoms with Crippen molar-refractivity contribution < 1.29 is 19.1 Å². The van der Waals surface area contributed by atoms with Crippen LogP contribution in [-0.4, -0.2) is 11.9 Å². The van der Waals surface area contributed by atoms with E-state index in [2.05, 4.69) is 0 Å². The highest BCUT2D eigenvalue weighted by atomic mass is 16.5. The molecule has 90 valence electrons. The van der Waals surface area contributed by atoms with Crippen LogP contribution in [0.15, 0.2) is 24.7 Å². The number of carbonyl (C=O) groups excluding carboxylic acids is 2. The Hall–Kier alpha value is -1.58. The fraction of sp³-hybridized carbons (Fsp3) is 0.500. The summed E-state index contributed by atoms with van der Waals surface area (Å²) in [6.07, 6.45) is 7.80. The van der Waals surface area contributed by atoms with Gasteiger partial charge in [0.2, 0.25) is 0 Å². The Balaban J connectivity index is 3.62. The maximum atomic E-state index is 11.1. The van der Waals surface area contributed by atoms with Crippen LogP contribution in [0.5, 0.6) is 0 Å². The number of ether oxygens (including phenoxy) is 2. The molecule has 0 aromatic rings. The normalized spacial score (nSPS) is 10.9. The third-order valence-electron chi connectivity index (χ3n) is 1.60. The molecule has 0 aliphatic rings. The molecule has 0 fully saturated rings. The van der Waals surface area contributed by atoms with E-state index in [1.54, 1.807) is 12.2 Å². The zero-order valence-corrected chi connectivity index (χ0v) is 9.77. The molecular weight excluding hydrogens is 208 g/mol. The Kier molecular flexibility index (Phi) is 8.97. The molecule has 0 heterocycles. The van der Waals surface area contributed by atoms with Gasteiger partial charge in [-0.2, -0.15) is 0 Å². The van der Waals surface area contributed by atoms with E-state index in [0.29, 0.717) is 0 Å². The predicted octanol–water partition coefficient (Wildman–Crippen LogP) is 2.70. The fourth-order valence-electron chi connectivity index (χ4n) is 0.762. The number of allylic oxidation sites excluding steroid dienone is 2. The molecule has 0 N–H and O–H groups in total. The molecule has 4 nitrogen and oxygen atoms in total. The molecule has 0 saturated carbocycles. The van der Waals surface area contributed by atoms with Crippen LogP contribution >= 0.6 is 0 Å². The van der Waals surface area contributed by atoms with E-state index >= 15 is 0 Å². The first-order chi connectivity index (χ1) is 7.70. The summed E-state index contributed by atoms with van der Waals surface area (Å²) in [4.78, 5) is 22.1. The van der Waals surface area contributed by atoms with Crippen LogP contribution in [0.25, 0.3) is 0 Å². The van der Waals surface area contributed by atoms with Crippen molar-refractivity contribution in [3.8, 4) is 0 Å². The van der Waals surface area contributed by atoms with Crippen molar-refractivity contribution in [3.05, 3.63) is 24.7 Å². The van der Waals surface area contributed by atoms with Crippen molar-refractivity contribution in [3.63, 3.8) is 0 Å². The highest BCUT2D eigenvalue weighted by Crippen LogP contribution is 1.97. The van der Waals surface area contributed by atoms with Crippen LogP contribution in [0.4, 0.5) is 0 Å². The van der Waals surface area contributed by atoms with Gasteiger partial charge in [0.15, 0.2) is 0 Å². The van der Waals surface area contributed by atoms with Gasteiger partial charge in [0.25, 0.3) is 0 Å². The SMILES string of the molecule is CCC=COC(=O)CCC(=O)OC=CCC. The summed E-state index contributed by atoms with van der Waals surface area (Å²) in [5.74, 6) is -0.859. The maximum Gasteiger partial charge on any atom is 0.311 e. The largest absolute Gasteiger partial charge is 0.435 e. The molecular formula is C12H18O4. The quantitative estimate of drug-likeness (QED) is 0.494. The molecule has 0 radical (unpaired) electrons. The second kappa shape index (κ2) is 9.96. The highest BCUT2D eigenvalue weighted by molar-refractivity contribution is 5.78. The molecule has 0 atom stereocenters. The first-order valence-corrected chi connectivity index (χ1v) is 5.39. The summed E-state index contributed by atoms with van der Waals surface area (Å²) in [5, 5.41) is 0. The molecule has 0 unspecified atom stereocenters. The second-order valence-electron chi connectivity index (χ2n) is 3.04. The lowest BCUT2D eigenvalue weighted by molar-refractivity contribution is -0.144. The van der Waals surface area contributed by atoms with Crippen LogP contribution in [0.2, 0.25) is 0 Å². The molecule has 0 amide bonds. The molecule has 0 saturated heterocycles. The Bertz CT molecular complexity index is 238. The average Bonchev–Trinajstić information content (AvgIpc) is 2.27. The van der Waals surface area contributed by atoms with Crippen LogP contribution < -0.4 is 0 Å². The molecule has 0 aliphatic carbocycles. The summed E-state index contributed by atoms with van der Waals surface area (Å²) in [6.45, 7) is 3.86. The lowest BCUT2D eigenvalue weighted by Gasteiger charge is -1.98. The van der Waals surface area contributed by atoms with Gasteiger partial charge in [-0.1, -0.05) is 13.8 Å². The first kappa shape index (κ1) is 14.4. The molecule has 0 aromatic heterocycles. The Morgan fingerprint density at radius 1 is 0.875 bits per heavy atom. The molecule has 0 aromatic carbocycles. The van der Waals surface area contributed by atoms with Gasteiger partial charge in [0.1, 0.15) is 0 Å².